The summed E-state index contributed by atoms with van der Waals surface area (Å²) in [5.41, 5.74) is 1.25. The molecule has 20 heavy (non-hydrogen) atoms. The van der Waals surface area contributed by atoms with Crippen molar-refractivity contribution in [1.29, 1.82) is 0 Å². The summed E-state index contributed by atoms with van der Waals surface area (Å²) in [6, 6.07) is 13.6. The normalized spacial score (nSPS) is 17.2. The number of ketones is 1. The highest BCUT2D eigenvalue weighted by atomic mass is 16.5. The zero-order valence-corrected chi connectivity index (χ0v) is 10.6. The Morgan fingerprint density at radius 2 is 1.80 bits per heavy atom. The number of ether oxygens (including phenoxy) is 1. The summed E-state index contributed by atoms with van der Waals surface area (Å²) in [6.07, 6.45) is -0.397. The highest BCUT2D eigenvalue weighted by Gasteiger charge is 2.29. The molecule has 0 unspecified atom stereocenters. The van der Waals surface area contributed by atoms with Crippen molar-refractivity contribution < 1.29 is 19.4 Å². The van der Waals surface area contributed by atoms with Gasteiger partial charge in [-0.15, -0.1) is 0 Å². The minimum absolute atomic E-state index is 0.0305. The molecule has 4 nitrogen and oxygen atoms in total. The molecular formula is C16H12O4. The second kappa shape index (κ2) is 4.81. The molecule has 1 N–H and O–H groups in total. The Morgan fingerprint density at radius 3 is 2.60 bits per heavy atom. The Labute approximate surface area is 115 Å². The smallest absolute Gasteiger partial charge is 0.336 e. The van der Waals surface area contributed by atoms with E-state index in [0.29, 0.717) is 16.9 Å². The van der Waals surface area contributed by atoms with E-state index in [0.717, 1.165) is 0 Å². The Morgan fingerprint density at radius 1 is 1.10 bits per heavy atom. The molecule has 0 aliphatic carbocycles. The monoisotopic (exact) mass is 268 g/mol. The molecule has 0 amide bonds. The highest BCUT2D eigenvalue weighted by molar-refractivity contribution is 6.00. The van der Waals surface area contributed by atoms with E-state index in [1.807, 2.05) is 0 Å². The van der Waals surface area contributed by atoms with Crippen molar-refractivity contribution in [3.05, 3.63) is 65.2 Å². The van der Waals surface area contributed by atoms with Crippen LogP contribution >= 0.6 is 0 Å². The van der Waals surface area contributed by atoms with Crippen LogP contribution in [0.25, 0.3) is 0 Å². The number of carbonyl (C=O) groups is 2. The molecule has 0 aromatic heterocycles. The van der Waals surface area contributed by atoms with Crippen LogP contribution in [0.5, 0.6) is 5.75 Å². The number of carboxylic acid groups (broad SMARTS) is 1. The van der Waals surface area contributed by atoms with Crippen LogP contribution in [0.4, 0.5) is 0 Å². The van der Waals surface area contributed by atoms with Gasteiger partial charge in [-0.25, -0.2) is 4.79 Å². The average Bonchev–Trinajstić information content (AvgIpc) is 2.47. The van der Waals surface area contributed by atoms with Gasteiger partial charge < -0.3 is 9.84 Å². The van der Waals surface area contributed by atoms with E-state index < -0.39 is 12.1 Å². The van der Waals surface area contributed by atoms with Gasteiger partial charge in [0.2, 0.25) is 0 Å². The predicted molar refractivity (Wildman–Crippen MR) is 72.2 cm³/mol. The summed E-state index contributed by atoms with van der Waals surface area (Å²) in [6.45, 7) is 0. The van der Waals surface area contributed by atoms with Crippen molar-refractivity contribution in [2.24, 2.45) is 0 Å². The lowest BCUT2D eigenvalue weighted by molar-refractivity contribution is 0.0682. The summed E-state index contributed by atoms with van der Waals surface area (Å²) >= 11 is 0. The molecule has 3 rings (SSSR count). The largest absolute Gasteiger partial charge is 0.484 e. The predicted octanol–water partition coefficient (Wildman–Crippen LogP) is 3.09. The van der Waals surface area contributed by atoms with E-state index in [-0.39, 0.29) is 17.8 Å². The minimum Gasteiger partial charge on any atom is -0.484 e. The summed E-state index contributed by atoms with van der Waals surface area (Å²) in [7, 11) is 0. The molecule has 1 aliphatic heterocycles. The fourth-order valence-corrected chi connectivity index (χ4v) is 2.42. The van der Waals surface area contributed by atoms with Gasteiger partial charge in [0, 0.05) is 5.56 Å². The first kappa shape index (κ1) is 12.4. The van der Waals surface area contributed by atoms with Crippen molar-refractivity contribution in [2.75, 3.05) is 0 Å². The third-order valence-corrected chi connectivity index (χ3v) is 3.37. The first-order chi connectivity index (χ1) is 9.66. The molecule has 0 fully saturated rings. The molecule has 2 aromatic carbocycles. The molecule has 1 atom stereocenters. The van der Waals surface area contributed by atoms with Crippen molar-refractivity contribution in [3.8, 4) is 5.75 Å². The zero-order valence-electron chi connectivity index (χ0n) is 10.6. The van der Waals surface area contributed by atoms with Gasteiger partial charge in [0.1, 0.15) is 11.9 Å². The van der Waals surface area contributed by atoms with Crippen LogP contribution in [-0.2, 0) is 0 Å². The van der Waals surface area contributed by atoms with Gasteiger partial charge in [0.15, 0.2) is 5.78 Å². The third-order valence-electron chi connectivity index (χ3n) is 3.37. The number of hydrogen-bond donors (Lipinski definition) is 1. The van der Waals surface area contributed by atoms with Crippen LogP contribution in [-0.4, -0.2) is 16.9 Å². The lowest BCUT2D eigenvalue weighted by Crippen LogP contribution is -2.22. The molecule has 0 saturated heterocycles. The molecule has 0 spiro atoms. The van der Waals surface area contributed by atoms with Crippen LogP contribution in [0.15, 0.2) is 48.5 Å². The molecule has 2 aromatic rings. The van der Waals surface area contributed by atoms with Crippen LogP contribution in [0, 0.1) is 0 Å². The lowest BCUT2D eigenvalue weighted by Gasteiger charge is -2.26. The molecule has 0 bridgehead atoms. The Kier molecular flexibility index (Phi) is 2.99. The maximum absolute atomic E-state index is 12.1. The first-order valence-corrected chi connectivity index (χ1v) is 6.28. The number of hydrogen-bond acceptors (Lipinski definition) is 3. The molecular weight excluding hydrogens is 256 g/mol. The molecule has 1 heterocycles. The molecule has 100 valence electrons. The number of carbonyl (C=O) groups excluding carboxylic acids is 1. The SMILES string of the molecule is O=C1C[C@@H](c2ccccc2C(=O)O)Oc2ccccc21. The zero-order chi connectivity index (χ0) is 14.1. The van der Waals surface area contributed by atoms with Gasteiger partial charge in [0.05, 0.1) is 17.5 Å². The topological polar surface area (TPSA) is 63.6 Å². The highest BCUT2D eigenvalue weighted by Crippen LogP contribution is 2.35. The number of rotatable bonds is 2. The Bertz CT molecular complexity index is 690. The number of aromatic carboxylic acids is 1. The third kappa shape index (κ3) is 2.05. The maximum Gasteiger partial charge on any atom is 0.336 e. The Balaban J connectivity index is 2.02. The fraction of sp³-hybridized carbons (Fsp3) is 0.125. The summed E-state index contributed by atoms with van der Waals surface area (Å²) < 4.78 is 5.80. The van der Waals surface area contributed by atoms with Gasteiger partial charge in [0.25, 0.3) is 0 Å². The number of carboxylic acids is 1. The van der Waals surface area contributed by atoms with E-state index in [1.54, 1.807) is 42.5 Å². The van der Waals surface area contributed by atoms with Gasteiger partial charge in [-0.3, -0.25) is 4.79 Å². The number of fused-ring (bicyclic) bond motifs is 1. The van der Waals surface area contributed by atoms with Crippen LogP contribution < -0.4 is 4.74 Å². The van der Waals surface area contributed by atoms with E-state index in [2.05, 4.69) is 0 Å². The number of benzene rings is 2. The second-order valence-electron chi connectivity index (χ2n) is 4.62. The molecule has 4 heteroatoms. The standard InChI is InChI=1S/C16H12O4/c17-13-9-15(20-14-8-4-3-7-12(13)14)10-5-1-2-6-11(10)16(18)19/h1-8,15H,9H2,(H,18,19)/t15-/m0/s1. The molecule has 0 radical (unpaired) electrons. The van der Waals surface area contributed by atoms with E-state index in [9.17, 15) is 14.7 Å². The van der Waals surface area contributed by atoms with Crippen molar-refractivity contribution in [1.82, 2.24) is 0 Å². The number of para-hydroxylation sites is 1. The van der Waals surface area contributed by atoms with E-state index >= 15 is 0 Å². The van der Waals surface area contributed by atoms with Crippen molar-refractivity contribution in [2.45, 2.75) is 12.5 Å². The minimum atomic E-state index is -1.02. The summed E-state index contributed by atoms with van der Waals surface area (Å²) in [5.74, 6) is -0.540. The van der Waals surface area contributed by atoms with Crippen molar-refractivity contribution in [3.63, 3.8) is 0 Å². The summed E-state index contributed by atoms with van der Waals surface area (Å²) in [5, 5.41) is 9.22. The van der Waals surface area contributed by atoms with Crippen LogP contribution in [0.2, 0.25) is 0 Å². The molecule has 1 aliphatic rings. The van der Waals surface area contributed by atoms with Crippen LogP contribution in [0.3, 0.4) is 0 Å². The second-order valence-corrected chi connectivity index (χ2v) is 4.62. The quantitative estimate of drug-likeness (QED) is 0.909. The lowest BCUT2D eigenvalue weighted by atomic mass is 9.93. The Hall–Kier alpha value is -2.62. The van der Waals surface area contributed by atoms with E-state index in [1.165, 1.54) is 6.07 Å². The first-order valence-electron chi connectivity index (χ1n) is 6.28. The van der Waals surface area contributed by atoms with E-state index in [4.69, 9.17) is 4.74 Å². The fourth-order valence-electron chi connectivity index (χ4n) is 2.42. The van der Waals surface area contributed by atoms with Gasteiger partial charge in [-0.05, 0) is 18.2 Å². The average molecular weight is 268 g/mol. The molecule has 0 saturated carbocycles. The maximum atomic E-state index is 12.1. The summed E-state index contributed by atoms with van der Waals surface area (Å²) in [4.78, 5) is 23.4. The van der Waals surface area contributed by atoms with Gasteiger partial charge in [-0.2, -0.15) is 0 Å². The van der Waals surface area contributed by atoms with Gasteiger partial charge in [-0.1, -0.05) is 30.3 Å². The number of Topliss-reactive ketones (excluding diaryl/α,β-unsaturated/α-hetero) is 1. The van der Waals surface area contributed by atoms with Crippen molar-refractivity contribution >= 4 is 11.8 Å². The van der Waals surface area contributed by atoms with Crippen LogP contribution in [0.1, 0.15) is 38.8 Å². The van der Waals surface area contributed by atoms with Gasteiger partial charge >= 0.3 is 5.97 Å².